The van der Waals surface area contributed by atoms with Crippen molar-refractivity contribution in [3.8, 4) is 0 Å². The number of hydrogen-bond donors (Lipinski definition) is 2. The van der Waals surface area contributed by atoms with Crippen LogP contribution in [0.2, 0.25) is 0 Å². The van der Waals surface area contributed by atoms with Gasteiger partial charge in [0.1, 0.15) is 0 Å². The van der Waals surface area contributed by atoms with Gasteiger partial charge in [0, 0.05) is 13.2 Å². The van der Waals surface area contributed by atoms with Crippen molar-refractivity contribution in [3.05, 3.63) is 5.82 Å². The van der Waals surface area contributed by atoms with Gasteiger partial charge in [0.25, 0.3) is 0 Å². The molecule has 2 unspecified atom stereocenters. The van der Waals surface area contributed by atoms with Gasteiger partial charge in [-0.1, -0.05) is 5.21 Å². The second-order valence-electron chi connectivity index (χ2n) is 4.06. The van der Waals surface area contributed by atoms with Crippen LogP contribution in [0.25, 0.3) is 0 Å². The van der Waals surface area contributed by atoms with E-state index in [4.69, 9.17) is 4.74 Å². The minimum Gasteiger partial charge on any atom is -0.383 e. The topological polar surface area (TPSA) is 75.7 Å². The predicted molar refractivity (Wildman–Crippen MR) is 54.1 cm³/mol. The van der Waals surface area contributed by atoms with Gasteiger partial charge in [-0.05, 0) is 25.7 Å². The van der Waals surface area contributed by atoms with E-state index in [0.29, 0.717) is 11.9 Å². The van der Waals surface area contributed by atoms with E-state index >= 15 is 0 Å². The van der Waals surface area contributed by atoms with E-state index in [2.05, 4.69) is 25.9 Å². The average Bonchev–Trinajstić information content (AvgIpc) is 2.92. The summed E-state index contributed by atoms with van der Waals surface area (Å²) in [7, 11) is 1.73. The Hall–Kier alpha value is -1.01. The zero-order chi connectivity index (χ0) is 10.7. The largest absolute Gasteiger partial charge is 0.383 e. The van der Waals surface area contributed by atoms with E-state index in [1.54, 1.807) is 7.11 Å². The second kappa shape index (κ2) is 4.67. The van der Waals surface area contributed by atoms with Gasteiger partial charge < -0.3 is 10.1 Å². The van der Waals surface area contributed by atoms with Crippen LogP contribution in [0.1, 0.15) is 31.6 Å². The first-order valence-electron chi connectivity index (χ1n) is 5.29. The number of aromatic nitrogens is 4. The molecular weight excluding hydrogens is 194 g/mol. The minimum absolute atomic E-state index is 0.115. The molecule has 84 valence electrons. The minimum atomic E-state index is 0.115. The highest BCUT2D eigenvalue weighted by Crippen LogP contribution is 2.33. The van der Waals surface area contributed by atoms with Crippen LogP contribution in [0, 0.1) is 5.92 Å². The highest BCUT2D eigenvalue weighted by atomic mass is 16.5. The number of methoxy groups -OCH3 is 1. The monoisotopic (exact) mass is 211 g/mol. The lowest BCUT2D eigenvalue weighted by molar-refractivity contribution is 0.151. The molecule has 0 bridgehead atoms. The Bertz CT molecular complexity index is 285. The van der Waals surface area contributed by atoms with E-state index in [1.807, 2.05) is 6.92 Å². The van der Waals surface area contributed by atoms with Crippen molar-refractivity contribution in [1.82, 2.24) is 25.9 Å². The van der Waals surface area contributed by atoms with Crippen molar-refractivity contribution in [2.24, 2.45) is 5.92 Å². The number of nitrogens with one attached hydrogen (secondary N) is 2. The highest BCUT2D eigenvalue weighted by molar-refractivity contribution is 4.93. The average molecular weight is 211 g/mol. The summed E-state index contributed by atoms with van der Waals surface area (Å²) in [6.07, 6.45) is 2.58. The number of tetrazole rings is 1. The Balaban J connectivity index is 1.88. The number of ether oxygens (including phenoxy) is 1. The fourth-order valence-corrected chi connectivity index (χ4v) is 1.75. The van der Waals surface area contributed by atoms with Gasteiger partial charge in [-0.15, -0.1) is 10.2 Å². The Morgan fingerprint density at radius 1 is 1.60 bits per heavy atom. The number of nitrogens with zero attached hydrogens (tertiary/aromatic N) is 3. The molecule has 0 spiro atoms. The normalized spacial score (nSPS) is 20.1. The number of rotatable bonds is 6. The van der Waals surface area contributed by atoms with Crippen molar-refractivity contribution < 1.29 is 4.74 Å². The van der Waals surface area contributed by atoms with E-state index in [-0.39, 0.29) is 6.04 Å². The van der Waals surface area contributed by atoms with Crippen LogP contribution in [0.5, 0.6) is 0 Å². The van der Waals surface area contributed by atoms with Crippen LogP contribution in [0.15, 0.2) is 0 Å². The fourth-order valence-electron chi connectivity index (χ4n) is 1.75. The van der Waals surface area contributed by atoms with E-state index < -0.39 is 0 Å². The summed E-state index contributed by atoms with van der Waals surface area (Å²) >= 11 is 0. The van der Waals surface area contributed by atoms with Crippen LogP contribution in [0.4, 0.5) is 0 Å². The summed E-state index contributed by atoms with van der Waals surface area (Å²) in [4.78, 5) is 0. The molecule has 1 aromatic heterocycles. The summed E-state index contributed by atoms with van der Waals surface area (Å²) in [5.41, 5.74) is 0. The maximum atomic E-state index is 5.20. The van der Waals surface area contributed by atoms with Crippen molar-refractivity contribution in [2.75, 3.05) is 13.7 Å². The summed E-state index contributed by atoms with van der Waals surface area (Å²) in [5.74, 6) is 1.45. The van der Waals surface area contributed by atoms with Crippen LogP contribution in [0.3, 0.4) is 0 Å². The van der Waals surface area contributed by atoms with Crippen molar-refractivity contribution in [1.29, 1.82) is 0 Å². The van der Waals surface area contributed by atoms with Gasteiger partial charge in [-0.25, -0.2) is 0 Å². The van der Waals surface area contributed by atoms with Crippen molar-refractivity contribution in [3.63, 3.8) is 0 Å². The standard InChI is InChI=1S/C9H17N5O/c1-6(9-11-13-14-12-9)10-8(5-15-2)7-3-4-7/h6-8,10H,3-5H2,1-2H3,(H,11,12,13,14). The predicted octanol–water partition coefficient (Wildman–Crippen LogP) is 0.275. The molecule has 1 fully saturated rings. The molecule has 1 saturated carbocycles. The van der Waals surface area contributed by atoms with Crippen LogP contribution in [-0.4, -0.2) is 40.4 Å². The zero-order valence-electron chi connectivity index (χ0n) is 9.10. The van der Waals surface area contributed by atoms with Gasteiger partial charge in [0.15, 0.2) is 5.82 Å². The quantitative estimate of drug-likeness (QED) is 0.706. The lowest BCUT2D eigenvalue weighted by atomic mass is 10.1. The molecule has 2 N–H and O–H groups in total. The third kappa shape index (κ3) is 2.73. The van der Waals surface area contributed by atoms with E-state index in [1.165, 1.54) is 12.8 Å². The third-order valence-electron chi connectivity index (χ3n) is 2.75. The van der Waals surface area contributed by atoms with Crippen molar-refractivity contribution >= 4 is 0 Å². The molecule has 6 nitrogen and oxygen atoms in total. The maximum Gasteiger partial charge on any atom is 0.191 e. The molecule has 0 radical (unpaired) electrons. The van der Waals surface area contributed by atoms with Crippen LogP contribution in [-0.2, 0) is 4.74 Å². The Morgan fingerprint density at radius 2 is 2.40 bits per heavy atom. The van der Waals surface area contributed by atoms with E-state index in [9.17, 15) is 0 Å². The maximum absolute atomic E-state index is 5.20. The molecule has 1 aliphatic rings. The lowest BCUT2D eigenvalue weighted by Crippen LogP contribution is -2.37. The first-order valence-corrected chi connectivity index (χ1v) is 5.29. The highest BCUT2D eigenvalue weighted by Gasteiger charge is 2.32. The fraction of sp³-hybridized carbons (Fsp3) is 0.889. The molecule has 6 heteroatoms. The summed E-state index contributed by atoms with van der Waals surface area (Å²) < 4.78 is 5.20. The van der Waals surface area contributed by atoms with Gasteiger partial charge >= 0.3 is 0 Å². The number of hydrogen-bond acceptors (Lipinski definition) is 5. The lowest BCUT2D eigenvalue weighted by Gasteiger charge is -2.20. The molecule has 1 aliphatic carbocycles. The van der Waals surface area contributed by atoms with Gasteiger partial charge in [0.2, 0.25) is 0 Å². The first kappa shape index (κ1) is 10.5. The van der Waals surface area contributed by atoms with Gasteiger partial charge in [-0.3, -0.25) is 0 Å². The Kier molecular flexibility index (Phi) is 3.27. The van der Waals surface area contributed by atoms with Crippen molar-refractivity contribution in [2.45, 2.75) is 31.8 Å². The third-order valence-corrected chi connectivity index (χ3v) is 2.75. The molecule has 2 rings (SSSR count). The Labute approximate surface area is 88.8 Å². The summed E-state index contributed by atoms with van der Waals surface area (Å²) in [6, 6.07) is 0.521. The zero-order valence-corrected chi connectivity index (χ0v) is 9.10. The smallest absolute Gasteiger partial charge is 0.191 e. The molecule has 2 atom stereocenters. The SMILES string of the molecule is COCC(NC(C)c1nn[nH]n1)C1CC1. The molecule has 0 aromatic carbocycles. The molecule has 15 heavy (non-hydrogen) atoms. The molecular formula is C9H17N5O. The van der Waals surface area contributed by atoms with Crippen LogP contribution < -0.4 is 5.32 Å². The number of H-pyrrole nitrogens is 1. The second-order valence-corrected chi connectivity index (χ2v) is 4.06. The summed E-state index contributed by atoms with van der Waals surface area (Å²) in [5, 5.41) is 17.4. The molecule has 0 saturated heterocycles. The molecule has 0 aliphatic heterocycles. The molecule has 1 heterocycles. The van der Waals surface area contributed by atoms with Crippen LogP contribution >= 0.6 is 0 Å². The van der Waals surface area contributed by atoms with E-state index in [0.717, 1.165) is 12.5 Å². The molecule has 0 amide bonds. The first-order chi connectivity index (χ1) is 7.31. The summed E-state index contributed by atoms with van der Waals surface area (Å²) in [6.45, 7) is 2.78. The Morgan fingerprint density at radius 3 is 2.93 bits per heavy atom. The van der Waals surface area contributed by atoms with Gasteiger partial charge in [-0.2, -0.15) is 5.21 Å². The van der Waals surface area contributed by atoms with Gasteiger partial charge in [0.05, 0.1) is 12.6 Å². The molecule has 1 aromatic rings. The number of aromatic amines is 1.